The van der Waals surface area contributed by atoms with E-state index in [-0.39, 0.29) is 11.6 Å². The van der Waals surface area contributed by atoms with Crippen LogP contribution in [0, 0.1) is 5.82 Å². The Hall–Kier alpha value is -1.88. The molecule has 0 saturated carbocycles. The van der Waals surface area contributed by atoms with Gasteiger partial charge in [0.1, 0.15) is 11.6 Å². The summed E-state index contributed by atoms with van der Waals surface area (Å²) in [5, 5.41) is 2.58. The van der Waals surface area contributed by atoms with E-state index in [0.717, 1.165) is 11.3 Å². The first-order chi connectivity index (χ1) is 10.6. The standard InChI is InChI=1S/C17H17BrFNO2/c1-2-22-14-7-3-12(4-8-14)5-10-17(21)20-16-9-6-13(18)11-15(16)19/h3-4,6-9,11H,2,5,10H2,1H3,(H,20,21). The maximum absolute atomic E-state index is 13.6. The van der Waals surface area contributed by atoms with Crippen LogP contribution in [0.1, 0.15) is 18.9 Å². The summed E-state index contributed by atoms with van der Waals surface area (Å²) < 4.78 is 19.6. The zero-order chi connectivity index (χ0) is 15.9. The molecule has 0 bridgehead atoms. The van der Waals surface area contributed by atoms with Gasteiger partial charge in [0.2, 0.25) is 5.91 Å². The quantitative estimate of drug-likeness (QED) is 0.814. The van der Waals surface area contributed by atoms with Crippen LogP contribution in [-0.4, -0.2) is 12.5 Å². The summed E-state index contributed by atoms with van der Waals surface area (Å²) in [4.78, 5) is 11.9. The second-order valence-corrected chi connectivity index (χ2v) is 5.66. The fourth-order valence-electron chi connectivity index (χ4n) is 1.98. The predicted octanol–water partition coefficient (Wildman–Crippen LogP) is 4.56. The largest absolute Gasteiger partial charge is 0.494 e. The van der Waals surface area contributed by atoms with Gasteiger partial charge >= 0.3 is 0 Å². The molecule has 0 spiro atoms. The molecule has 2 rings (SSSR count). The number of carbonyl (C=O) groups excluding carboxylic acids is 1. The molecule has 2 aromatic carbocycles. The molecule has 0 radical (unpaired) electrons. The Morgan fingerprint density at radius 1 is 1.23 bits per heavy atom. The molecular formula is C17H17BrFNO2. The molecule has 1 N–H and O–H groups in total. The highest BCUT2D eigenvalue weighted by Gasteiger charge is 2.07. The van der Waals surface area contributed by atoms with Crippen LogP contribution < -0.4 is 10.1 Å². The van der Waals surface area contributed by atoms with Crippen molar-refractivity contribution in [1.29, 1.82) is 0 Å². The van der Waals surface area contributed by atoms with Crippen LogP contribution in [0.4, 0.5) is 10.1 Å². The van der Waals surface area contributed by atoms with Gasteiger partial charge in [-0.3, -0.25) is 4.79 Å². The SMILES string of the molecule is CCOc1ccc(CCC(=O)Nc2ccc(Br)cc2F)cc1. The van der Waals surface area contributed by atoms with Crippen molar-refractivity contribution in [3.63, 3.8) is 0 Å². The molecule has 2 aromatic rings. The third-order valence-electron chi connectivity index (χ3n) is 3.08. The van der Waals surface area contributed by atoms with Gasteiger partial charge in [-0.05, 0) is 49.2 Å². The van der Waals surface area contributed by atoms with Crippen LogP contribution in [0.25, 0.3) is 0 Å². The van der Waals surface area contributed by atoms with Gasteiger partial charge in [-0.25, -0.2) is 4.39 Å². The van der Waals surface area contributed by atoms with Gasteiger partial charge in [0.05, 0.1) is 12.3 Å². The Bertz CT molecular complexity index is 644. The summed E-state index contributed by atoms with van der Waals surface area (Å²) in [5.41, 5.74) is 1.23. The molecule has 0 unspecified atom stereocenters. The van der Waals surface area contributed by atoms with E-state index in [9.17, 15) is 9.18 Å². The minimum atomic E-state index is -0.455. The third kappa shape index (κ3) is 4.84. The van der Waals surface area contributed by atoms with E-state index in [1.807, 2.05) is 31.2 Å². The van der Waals surface area contributed by atoms with Crippen molar-refractivity contribution in [3.8, 4) is 5.75 Å². The Morgan fingerprint density at radius 3 is 2.59 bits per heavy atom. The minimum Gasteiger partial charge on any atom is -0.494 e. The minimum absolute atomic E-state index is 0.194. The first kappa shape index (κ1) is 16.5. The molecular weight excluding hydrogens is 349 g/mol. The first-order valence-electron chi connectivity index (χ1n) is 7.05. The van der Waals surface area contributed by atoms with Gasteiger partial charge in [0.15, 0.2) is 0 Å². The molecule has 1 amide bonds. The number of anilines is 1. The summed E-state index contributed by atoms with van der Waals surface area (Å²) in [7, 11) is 0. The number of hydrogen-bond donors (Lipinski definition) is 1. The highest BCUT2D eigenvalue weighted by molar-refractivity contribution is 9.10. The van der Waals surface area contributed by atoms with Crippen molar-refractivity contribution in [2.24, 2.45) is 0 Å². The van der Waals surface area contributed by atoms with E-state index in [1.54, 1.807) is 6.07 Å². The summed E-state index contributed by atoms with van der Waals surface area (Å²) in [5.74, 6) is 0.145. The number of nitrogens with one attached hydrogen (secondary N) is 1. The van der Waals surface area contributed by atoms with Crippen molar-refractivity contribution >= 4 is 27.5 Å². The molecule has 3 nitrogen and oxygen atoms in total. The van der Waals surface area contributed by atoms with E-state index >= 15 is 0 Å². The zero-order valence-electron chi connectivity index (χ0n) is 12.2. The highest BCUT2D eigenvalue weighted by Crippen LogP contribution is 2.20. The number of amides is 1. The smallest absolute Gasteiger partial charge is 0.224 e. The Balaban J connectivity index is 1.87. The number of carbonyl (C=O) groups is 1. The van der Waals surface area contributed by atoms with Crippen LogP contribution >= 0.6 is 15.9 Å². The Kier molecular flexibility index (Phi) is 5.95. The van der Waals surface area contributed by atoms with Crippen LogP contribution in [0.2, 0.25) is 0 Å². The molecule has 0 aliphatic rings. The predicted molar refractivity (Wildman–Crippen MR) is 88.7 cm³/mol. The van der Waals surface area contributed by atoms with Gasteiger partial charge in [0.25, 0.3) is 0 Å². The number of benzene rings is 2. The van der Waals surface area contributed by atoms with E-state index in [1.165, 1.54) is 12.1 Å². The monoisotopic (exact) mass is 365 g/mol. The number of ether oxygens (including phenoxy) is 1. The summed E-state index contributed by atoms with van der Waals surface area (Å²) in [6, 6.07) is 12.2. The summed E-state index contributed by atoms with van der Waals surface area (Å²) in [6.45, 7) is 2.56. The molecule has 5 heteroatoms. The number of hydrogen-bond acceptors (Lipinski definition) is 2. The second-order valence-electron chi connectivity index (χ2n) is 4.75. The maximum atomic E-state index is 13.6. The van der Waals surface area contributed by atoms with Crippen LogP contribution in [0.5, 0.6) is 5.75 Å². The van der Waals surface area contributed by atoms with Crippen molar-refractivity contribution in [1.82, 2.24) is 0 Å². The van der Waals surface area contributed by atoms with E-state index in [2.05, 4.69) is 21.2 Å². The van der Waals surface area contributed by atoms with Gasteiger partial charge in [0, 0.05) is 10.9 Å². The molecule has 0 saturated heterocycles. The maximum Gasteiger partial charge on any atom is 0.224 e. The lowest BCUT2D eigenvalue weighted by Crippen LogP contribution is -2.13. The lowest BCUT2D eigenvalue weighted by Gasteiger charge is -2.07. The van der Waals surface area contributed by atoms with Crippen LogP contribution in [0.15, 0.2) is 46.9 Å². The number of halogens is 2. The average Bonchev–Trinajstić information content (AvgIpc) is 2.50. The number of aryl methyl sites for hydroxylation is 1. The van der Waals surface area contributed by atoms with Crippen LogP contribution in [0.3, 0.4) is 0 Å². The van der Waals surface area contributed by atoms with Crippen molar-refractivity contribution in [3.05, 3.63) is 58.3 Å². The second kappa shape index (κ2) is 7.94. The van der Waals surface area contributed by atoms with Gasteiger partial charge in [-0.2, -0.15) is 0 Å². The van der Waals surface area contributed by atoms with Gasteiger partial charge < -0.3 is 10.1 Å². The lowest BCUT2D eigenvalue weighted by molar-refractivity contribution is -0.116. The first-order valence-corrected chi connectivity index (χ1v) is 7.84. The van der Waals surface area contributed by atoms with Crippen molar-refractivity contribution in [2.45, 2.75) is 19.8 Å². The fraction of sp³-hybridized carbons (Fsp3) is 0.235. The van der Waals surface area contributed by atoms with E-state index in [0.29, 0.717) is 23.9 Å². The van der Waals surface area contributed by atoms with Crippen LogP contribution in [-0.2, 0) is 11.2 Å². The molecule has 0 atom stereocenters. The topological polar surface area (TPSA) is 38.3 Å². The van der Waals surface area contributed by atoms with E-state index in [4.69, 9.17) is 4.74 Å². The molecule has 0 aliphatic heterocycles. The third-order valence-corrected chi connectivity index (χ3v) is 3.57. The lowest BCUT2D eigenvalue weighted by atomic mass is 10.1. The Labute approximate surface area is 137 Å². The molecule has 0 fully saturated rings. The molecule has 22 heavy (non-hydrogen) atoms. The summed E-state index contributed by atoms with van der Waals surface area (Å²) in [6.07, 6.45) is 0.889. The average molecular weight is 366 g/mol. The highest BCUT2D eigenvalue weighted by atomic mass is 79.9. The number of rotatable bonds is 6. The van der Waals surface area contributed by atoms with Crippen molar-refractivity contribution in [2.75, 3.05) is 11.9 Å². The van der Waals surface area contributed by atoms with Crippen molar-refractivity contribution < 1.29 is 13.9 Å². The van der Waals surface area contributed by atoms with E-state index < -0.39 is 5.82 Å². The van der Waals surface area contributed by atoms with Gasteiger partial charge in [-0.15, -0.1) is 0 Å². The Morgan fingerprint density at radius 2 is 1.95 bits per heavy atom. The molecule has 0 aromatic heterocycles. The summed E-state index contributed by atoms with van der Waals surface area (Å²) >= 11 is 3.18. The normalized spacial score (nSPS) is 10.3. The molecule has 0 heterocycles. The fourth-order valence-corrected chi connectivity index (χ4v) is 2.31. The van der Waals surface area contributed by atoms with Gasteiger partial charge in [-0.1, -0.05) is 28.1 Å². The zero-order valence-corrected chi connectivity index (χ0v) is 13.8. The molecule has 116 valence electrons. The molecule has 0 aliphatic carbocycles.